The third-order valence-corrected chi connectivity index (χ3v) is 10.8. The second-order valence-electron chi connectivity index (χ2n) is 11.5. The van der Waals surface area contributed by atoms with E-state index in [9.17, 15) is 18.0 Å². The SMILES string of the molecule is O=C(NC1CCCCC1)[C@H](Cc1ccccc1)N(Cc1ccccc1F)C(=O)CN(c1ccc(I)cc1)S(=O)(=O)c1ccccc1. The summed E-state index contributed by atoms with van der Waals surface area (Å²) in [5, 5.41) is 3.16. The average Bonchev–Trinajstić information content (AvgIpc) is 3.07. The van der Waals surface area contributed by atoms with Gasteiger partial charge in [-0.2, -0.15) is 0 Å². The summed E-state index contributed by atoms with van der Waals surface area (Å²) < 4.78 is 45.2. The molecule has 0 aliphatic heterocycles. The number of rotatable bonds is 12. The molecule has 1 atom stereocenters. The summed E-state index contributed by atoms with van der Waals surface area (Å²) in [7, 11) is -4.20. The van der Waals surface area contributed by atoms with Gasteiger partial charge in [-0.05, 0) is 83.5 Å². The molecule has 1 saturated carbocycles. The lowest BCUT2D eigenvalue weighted by Crippen LogP contribution is -2.55. The van der Waals surface area contributed by atoms with Crippen molar-refractivity contribution in [1.29, 1.82) is 0 Å². The zero-order valence-corrected chi connectivity index (χ0v) is 28.4. The van der Waals surface area contributed by atoms with E-state index < -0.39 is 34.3 Å². The maximum atomic E-state index is 15.1. The molecule has 1 aliphatic carbocycles. The minimum Gasteiger partial charge on any atom is -0.352 e. The van der Waals surface area contributed by atoms with E-state index in [1.165, 1.54) is 23.1 Å². The lowest BCUT2D eigenvalue weighted by atomic mass is 9.94. The molecule has 10 heteroatoms. The van der Waals surface area contributed by atoms with Crippen molar-refractivity contribution in [1.82, 2.24) is 10.2 Å². The molecule has 46 heavy (non-hydrogen) atoms. The van der Waals surface area contributed by atoms with E-state index in [1.807, 2.05) is 30.3 Å². The van der Waals surface area contributed by atoms with Crippen LogP contribution in [-0.4, -0.2) is 43.8 Å². The van der Waals surface area contributed by atoms with Crippen LogP contribution in [0.25, 0.3) is 0 Å². The molecule has 0 saturated heterocycles. The third kappa shape index (κ3) is 8.52. The number of nitrogens with zero attached hydrogens (tertiary/aromatic N) is 2. The van der Waals surface area contributed by atoms with E-state index in [0.29, 0.717) is 5.69 Å². The lowest BCUT2D eigenvalue weighted by molar-refractivity contribution is -0.140. The first-order chi connectivity index (χ1) is 22.2. The van der Waals surface area contributed by atoms with Gasteiger partial charge >= 0.3 is 0 Å². The number of hydrogen-bond donors (Lipinski definition) is 1. The fraction of sp³-hybridized carbons (Fsp3) is 0.278. The summed E-state index contributed by atoms with van der Waals surface area (Å²) in [5.74, 6) is -1.48. The van der Waals surface area contributed by atoms with Crippen molar-refractivity contribution in [3.8, 4) is 0 Å². The fourth-order valence-corrected chi connectivity index (χ4v) is 7.56. The molecule has 7 nitrogen and oxygen atoms in total. The number of hydrogen-bond acceptors (Lipinski definition) is 4. The van der Waals surface area contributed by atoms with Crippen LogP contribution in [0, 0.1) is 9.39 Å². The van der Waals surface area contributed by atoms with E-state index in [4.69, 9.17) is 0 Å². The number of nitrogens with one attached hydrogen (secondary N) is 1. The second-order valence-corrected chi connectivity index (χ2v) is 14.6. The second kappa shape index (κ2) is 15.7. The number of sulfonamides is 1. The Morgan fingerprint density at radius 1 is 0.826 bits per heavy atom. The predicted molar refractivity (Wildman–Crippen MR) is 186 cm³/mol. The number of benzene rings is 4. The van der Waals surface area contributed by atoms with Crippen LogP contribution in [0.5, 0.6) is 0 Å². The van der Waals surface area contributed by atoms with E-state index in [2.05, 4.69) is 27.9 Å². The molecule has 4 aromatic carbocycles. The first-order valence-corrected chi connectivity index (χ1v) is 17.9. The van der Waals surface area contributed by atoms with Crippen LogP contribution in [0.3, 0.4) is 0 Å². The Morgan fingerprint density at radius 3 is 2.09 bits per heavy atom. The fourth-order valence-electron chi connectivity index (χ4n) is 5.76. The maximum absolute atomic E-state index is 15.1. The van der Waals surface area contributed by atoms with Crippen molar-refractivity contribution in [3.63, 3.8) is 0 Å². The molecule has 240 valence electrons. The van der Waals surface area contributed by atoms with Gasteiger partial charge in [0.15, 0.2) is 0 Å². The van der Waals surface area contributed by atoms with Gasteiger partial charge in [0.05, 0.1) is 10.6 Å². The number of carbonyl (C=O) groups is 2. The molecule has 4 aromatic rings. The topological polar surface area (TPSA) is 86.8 Å². The summed E-state index contributed by atoms with van der Waals surface area (Å²) in [4.78, 5) is 30.0. The molecule has 0 aromatic heterocycles. The molecular formula is C36H37FIN3O4S. The van der Waals surface area contributed by atoms with Gasteiger partial charge < -0.3 is 10.2 Å². The van der Waals surface area contributed by atoms with Crippen LogP contribution in [0.2, 0.25) is 0 Å². The molecule has 0 bridgehead atoms. The highest BCUT2D eigenvalue weighted by Gasteiger charge is 2.35. The van der Waals surface area contributed by atoms with Gasteiger partial charge in [-0.15, -0.1) is 0 Å². The summed E-state index contributed by atoms with van der Waals surface area (Å²) >= 11 is 2.13. The highest BCUT2D eigenvalue weighted by atomic mass is 127. The third-order valence-electron chi connectivity index (χ3n) is 8.25. The summed E-state index contributed by atoms with van der Waals surface area (Å²) in [6, 6.07) is 29.2. The zero-order valence-electron chi connectivity index (χ0n) is 25.4. The van der Waals surface area contributed by atoms with Gasteiger partial charge in [-0.25, -0.2) is 12.8 Å². The van der Waals surface area contributed by atoms with E-state index >= 15 is 4.39 Å². The van der Waals surface area contributed by atoms with E-state index in [0.717, 1.165) is 45.5 Å². The highest BCUT2D eigenvalue weighted by Crippen LogP contribution is 2.26. The summed E-state index contributed by atoms with van der Waals surface area (Å²) in [6.45, 7) is -0.804. The van der Waals surface area contributed by atoms with Gasteiger partial charge in [-0.1, -0.05) is 86.0 Å². The minimum absolute atomic E-state index is 0.0216. The average molecular weight is 754 g/mol. The Balaban J connectivity index is 1.56. The predicted octanol–water partition coefficient (Wildman–Crippen LogP) is 6.71. The highest BCUT2D eigenvalue weighted by molar-refractivity contribution is 14.1. The number of halogens is 2. The number of anilines is 1. The van der Waals surface area contributed by atoms with Crippen molar-refractivity contribution < 1.29 is 22.4 Å². The van der Waals surface area contributed by atoms with Crippen LogP contribution in [-0.2, 0) is 32.6 Å². The quantitative estimate of drug-likeness (QED) is 0.163. The molecule has 0 radical (unpaired) electrons. The Kier molecular flexibility index (Phi) is 11.5. The standard InChI is InChI=1S/C36H37FIN3O4S/c37-33-19-11-10-14-28(33)25-40(34(24-27-12-4-1-5-13-27)36(43)39-30-15-6-2-7-16-30)35(42)26-41(31-22-20-29(38)21-23-31)46(44,45)32-17-8-3-9-18-32/h1,3-5,8-14,17-23,30,34H,2,6-7,15-16,24-26H2,(H,39,43)/t34-/m0/s1. The molecule has 1 N–H and O–H groups in total. The van der Waals surface area contributed by atoms with Gasteiger partial charge in [0.1, 0.15) is 18.4 Å². The van der Waals surface area contributed by atoms with Crippen molar-refractivity contribution >= 4 is 50.1 Å². The molecule has 0 spiro atoms. The normalized spacial score (nSPS) is 14.3. The Bertz CT molecular complexity index is 1720. The Hall–Kier alpha value is -3.77. The molecule has 1 aliphatic rings. The Morgan fingerprint density at radius 2 is 1.43 bits per heavy atom. The lowest BCUT2D eigenvalue weighted by Gasteiger charge is -2.35. The van der Waals surface area contributed by atoms with Crippen LogP contribution >= 0.6 is 22.6 Å². The van der Waals surface area contributed by atoms with Gasteiger partial charge in [0.2, 0.25) is 11.8 Å². The largest absolute Gasteiger partial charge is 0.352 e. The van der Waals surface area contributed by atoms with Gasteiger partial charge in [0, 0.05) is 28.1 Å². The van der Waals surface area contributed by atoms with Gasteiger partial charge in [-0.3, -0.25) is 13.9 Å². The van der Waals surface area contributed by atoms with Crippen LogP contribution in [0.4, 0.5) is 10.1 Å². The maximum Gasteiger partial charge on any atom is 0.264 e. The van der Waals surface area contributed by atoms with E-state index in [1.54, 1.807) is 60.7 Å². The van der Waals surface area contributed by atoms with Crippen molar-refractivity contribution in [2.24, 2.45) is 0 Å². The Labute approximate surface area is 284 Å². The van der Waals surface area contributed by atoms with Crippen molar-refractivity contribution in [2.75, 3.05) is 10.8 Å². The minimum atomic E-state index is -4.20. The zero-order chi connectivity index (χ0) is 32.5. The monoisotopic (exact) mass is 753 g/mol. The molecule has 2 amide bonds. The van der Waals surface area contributed by atoms with E-state index in [-0.39, 0.29) is 35.4 Å². The molecule has 1 fully saturated rings. The molecular weight excluding hydrogens is 716 g/mol. The number of amides is 2. The van der Waals surface area contributed by atoms with Crippen molar-refractivity contribution in [3.05, 3.63) is 130 Å². The number of carbonyl (C=O) groups excluding carboxylic acids is 2. The molecule has 0 unspecified atom stereocenters. The van der Waals surface area contributed by atoms with Gasteiger partial charge in [0.25, 0.3) is 10.0 Å². The van der Waals surface area contributed by atoms with Crippen LogP contribution in [0.15, 0.2) is 114 Å². The molecule has 0 heterocycles. The summed E-state index contributed by atoms with van der Waals surface area (Å²) in [5.41, 5.74) is 1.35. The first kappa shape index (κ1) is 33.6. The smallest absolute Gasteiger partial charge is 0.264 e. The van der Waals surface area contributed by atoms with Crippen LogP contribution in [0.1, 0.15) is 43.2 Å². The van der Waals surface area contributed by atoms with Crippen LogP contribution < -0.4 is 9.62 Å². The first-order valence-electron chi connectivity index (χ1n) is 15.4. The van der Waals surface area contributed by atoms with Crippen molar-refractivity contribution in [2.45, 2.75) is 62.0 Å². The summed E-state index contributed by atoms with van der Waals surface area (Å²) in [6.07, 6.45) is 5.00. The molecule has 5 rings (SSSR count).